The maximum Gasteiger partial charge on any atom is 0.425 e. The van der Waals surface area contributed by atoms with Gasteiger partial charge in [0.2, 0.25) is 5.54 Å². The summed E-state index contributed by atoms with van der Waals surface area (Å²) in [6.07, 6.45) is -5.07. The number of imide groups is 1. The van der Waals surface area contributed by atoms with E-state index in [0.717, 1.165) is 18.2 Å². The Kier molecular flexibility index (Phi) is 5.14. The molecule has 2 aromatic carbocycles. The number of urea groups is 1. The van der Waals surface area contributed by atoms with Gasteiger partial charge in [0.15, 0.2) is 0 Å². The highest BCUT2D eigenvalue weighted by Gasteiger charge is 2.68. The van der Waals surface area contributed by atoms with Crippen LogP contribution in [-0.4, -0.2) is 41.1 Å². The minimum Gasteiger partial charge on any atom is -0.491 e. The van der Waals surface area contributed by atoms with Crippen LogP contribution in [0.15, 0.2) is 54.6 Å². The van der Waals surface area contributed by atoms with Crippen molar-refractivity contribution in [2.24, 2.45) is 0 Å². The molecule has 29 heavy (non-hydrogen) atoms. The van der Waals surface area contributed by atoms with Gasteiger partial charge in [0.05, 0.1) is 17.5 Å². The lowest BCUT2D eigenvalue weighted by Crippen LogP contribution is -2.55. The third-order valence-corrected chi connectivity index (χ3v) is 4.35. The first-order valence-electron chi connectivity index (χ1n) is 8.30. The van der Waals surface area contributed by atoms with Gasteiger partial charge in [-0.05, 0) is 11.6 Å². The van der Waals surface area contributed by atoms with E-state index in [2.05, 4.69) is 0 Å². The molecule has 152 valence electrons. The molecule has 0 aliphatic carbocycles. The topological polar surface area (TPSA) is 102 Å². The second-order valence-corrected chi connectivity index (χ2v) is 6.10. The molecule has 1 fully saturated rings. The van der Waals surface area contributed by atoms with E-state index < -0.39 is 40.7 Å². The Hall–Kier alpha value is -3.63. The Balaban J connectivity index is 1.78. The van der Waals surface area contributed by atoms with E-state index in [1.54, 1.807) is 5.32 Å². The number of benzene rings is 2. The Labute approximate surface area is 162 Å². The fraction of sp³-hybridized carbons (Fsp3) is 0.222. The van der Waals surface area contributed by atoms with E-state index in [-0.39, 0.29) is 18.0 Å². The number of hydrogen-bond acceptors (Lipinski definition) is 5. The number of carbonyl (C=O) groups excluding carboxylic acids is 2. The Bertz CT molecular complexity index is 951. The molecule has 3 amide bonds. The number of nitrogens with one attached hydrogen (secondary N) is 1. The molecule has 1 aliphatic heterocycles. The van der Waals surface area contributed by atoms with Gasteiger partial charge in [-0.3, -0.25) is 19.8 Å². The third-order valence-electron chi connectivity index (χ3n) is 4.35. The summed E-state index contributed by atoms with van der Waals surface area (Å²) in [4.78, 5) is 35.3. The molecule has 1 N–H and O–H groups in total. The van der Waals surface area contributed by atoms with Crippen molar-refractivity contribution in [3.05, 3.63) is 70.3 Å². The van der Waals surface area contributed by atoms with Gasteiger partial charge in [0.25, 0.3) is 11.6 Å². The second kappa shape index (κ2) is 7.41. The molecule has 0 radical (unpaired) electrons. The van der Waals surface area contributed by atoms with Crippen molar-refractivity contribution in [3.8, 4) is 5.75 Å². The molecule has 1 aliphatic rings. The van der Waals surface area contributed by atoms with Crippen LogP contribution in [0.5, 0.6) is 5.75 Å². The molecule has 1 atom stereocenters. The number of carbonyl (C=O) groups is 2. The molecule has 2 aromatic rings. The summed E-state index contributed by atoms with van der Waals surface area (Å²) in [5, 5.41) is 12.5. The van der Waals surface area contributed by atoms with Crippen LogP contribution in [0.1, 0.15) is 5.56 Å². The monoisotopic (exact) mass is 409 g/mol. The predicted octanol–water partition coefficient (Wildman–Crippen LogP) is 2.98. The molecular formula is C18H14F3N3O5. The van der Waals surface area contributed by atoms with Crippen LogP contribution in [-0.2, 0) is 10.3 Å². The second-order valence-electron chi connectivity index (χ2n) is 6.10. The summed E-state index contributed by atoms with van der Waals surface area (Å²) in [6.45, 7) is -0.818. The van der Waals surface area contributed by atoms with Gasteiger partial charge in [-0.1, -0.05) is 36.4 Å². The summed E-state index contributed by atoms with van der Waals surface area (Å²) >= 11 is 0. The van der Waals surface area contributed by atoms with E-state index in [9.17, 15) is 32.9 Å². The van der Waals surface area contributed by atoms with Crippen LogP contribution in [0.3, 0.4) is 0 Å². The predicted molar refractivity (Wildman–Crippen MR) is 93.0 cm³/mol. The first-order chi connectivity index (χ1) is 13.7. The number of rotatable bonds is 6. The van der Waals surface area contributed by atoms with E-state index in [0.29, 0.717) is 4.90 Å². The molecule has 0 bridgehead atoms. The first kappa shape index (κ1) is 20.1. The van der Waals surface area contributed by atoms with Gasteiger partial charge in [-0.2, -0.15) is 13.2 Å². The number of alkyl halides is 3. The molecule has 0 saturated carbocycles. The number of nitro groups is 1. The number of nitro benzene ring substituents is 1. The standard InChI is InChI=1S/C18H14F3N3O5/c19-18(20,21)17(12-5-2-1-3-6-12)15(25)23(16(26)22-17)9-10-29-14-8-4-7-13(11-14)24(27)28/h1-8,11H,9-10H2,(H,22,26). The number of nitrogens with zero attached hydrogens (tertiary/aromatic N) is 2. The van der Waals surface area contributed by atoms with Crippen LogP contribution in [0.2, 0.25) is 0 Å². The highest BCUT2D eigenvalue weighted by atomic mass is 19.4. The van der Waals surface area contributed by atoms with Crippen LogP contribution < -0.4 is 10.1 Å². The van der Waals surface area contributed by atoms with Gasteiger partial charge in [0, 0.05) is 6.07 Å². The number of halogens is 3. The lowest BCUT2D eigenvalue weighted by atomic mass is 9.89. The van der Waals surface area contributed by atoms with Gasteiger partial charge >= 0.3 is 12.2 Å². The van der Waals surface area contributed by atoms with E-state index in [4.69, 9.17) is 4.74 Å². The largest absolute Gasteiger partial charge is 0.491 e. The maximum atomic E-state index is 13.8. The van der Waals surface area contributed by atoms with Crippen molar-refractivity contribution < 1.29 is 32.4 Å². The van der Waals surface area contributed by atoms with E-state index >= 15 is 0 Å². The molecule has 3 rings (SSSR count). The zero-order valence-electron chi connectivity index (χ0n) is 14.7. The number of ether oxygens (including phenoxy) is 1. The first-order valence-corrected chi connectivity index (χ1v) is 8.30. The number of hydrogen-bond donors (Lipinski definition) is 1. The normalized spacial score (nSPS) is 19.2. The molecule has 0 aromatic heterocycles. The molecule has 11 heteroatoms. The van der Waals surface area contributed by atoms with E-state index in [1.807, 2.05) is 0 Å². The molecular weight excluding hydrogens is 395 g/mol. The Morgan fingerprint density at radius 1 is 1.10 bits per heavy atom. The quantitative estimate of drug-likeness (QED) is 0.449. The summed E-state index contributed by atoms with van der Waals surface area (Å²) in [7, 11) is 0. The average molecular weight is 409 g/mol. The van der Waals surface area contributed by atoms with Crippen LogP contribution in [0, 0.1) is 10.1 Å². The molecule has 1 heterocycles. The summed E-state index contributed by atoms with van der Waals surface area (Å²) in [6, 6.07) is 10.3. The molecule has 8 nitrogen and oxygen atoms in total. The highest BCUT2D eigenvalue weighted by molar-refractivity contribution is 6.08. The minimum absolute atomic E-state index is 0.0800. The number of amides is 3. The van der Waals surface area contributed by atoms with Gasteiger partial charge in [0.1, 0.15) is 12.4 Å². The van der Waals surface area contributed by atoms with Crippen molar-refractivity contribution in [2.75, 3.05) is 13.2 Å². The van der Waals surface area contributed by atoms with Crippen LogP contribution in [0.25, 0.3) is 0 Å². The fourth-order valence-corrected chi connectivity index (χ4v) is 2.96. The third kappa shape index (κ3) is 3.58. The Morgan fingerprint density at radius 2 is 1.79 bits per heavy atom. The molecule has 1 unspecified atom stereocenters. The smallest absolute Gasteiger partial charge is 0.425 e. The van der Waals surface area contributed by atoms with Gasteiger partial charge in [-0.25, -0.2) is 4.79 Å². The molecule has 0 spiro atoms. The molecule has 1 saturated heterocycles. The fourth-order valence-electron chi connectivity index (χ4n) is 2.96. The summed E-state index contributed by atoms with van der Waals surface area (Å²) in [5.74, 6) is -1.39. The SMILES string of the molecule is O=C1NC(c2ccccc2)(C(F)(F)F)C(=O)N1CCOc1cccc([N+](=O)[O-])c1. The van der Waals surface area contributed by atoms with Crippen molar-refractivity contribution in [2.45, 2.75) is 11.7 Å². The van der Waals surface area contributed by atoms with Gasteiger partial charge < -0.3 is 10.1 Å². The van der Waals surface area contributed by atoms with Crippen molar-refractivity contribution in [1.82, 2.24) is 10.2 Å². The zero-order valence-corrected chi connectivity index (χ0v) is 14.7. The summed E-state index contributed by atoms with van der Waals surface area (Å²) < 4.78 is 46.8. The van der Waals surface area contributed by atoms with Gasteiger partial charge in [-0.15, -0.1) is 0 Å². The maximum absolute atomic E-state index is 13.8. The number of non-ortho nitro benzene ring substituents is 1. The Morgan fingerprint density at radius 3 is 2.41 bits per heavy atom. The minimum atomic E-state index is -5.07. The van der Waals surface area contributed by atoms with Crippen LogP contribution >= 0.6 is 0 Å². The lowest BCUT2D eigenvalue weighted by molar-refractivity contribution is -0.384. The summed E-state index contributed by atoms with van der Waals surface area (Å²) in [5.41, 5.74) is -3.83. The van der Waals surface area contributed by atoms with Crippen LogP contribution in [0.4, 0.5) is 23.7 Å². The zero-order chi connectivity index (χ0) is 21.2. The van der Waals surface area contributed by atoms with Crippen molar-refractivity contribution in [3.63, 3.8) is 0 Å². The lowest BCUT2D eigenvalue weighted by Gasteiger charge is -2.29. The van der Waals surface area contributed by atoms with Crippen molar-refractivity contribution >= 4 is 17.6 Å². The highest BCUT2D eigenvalue weighted by Crippen LogP contribution is 2.43. The van der Waals surface area contributed by atoms with E-state index in [1.165, 1.54) is 36.4 Å². The van der Waals surface area contributed by atoms with Crippen molar-refractivity contribution in [1.29, 1.82) is 0 Å². The average Bonchev–Trinajstić information content (AvgIpc) is 2.94.